The summed E-state index contributed by atoms with van der Waals surface area (Å²) >= 11 is 0. The van der Waals surface area contributed by atoms with E-state index in [1.165, 1.54) is 0 Å². The monoisotopic (exact) mass is 237 g/mol. The van der Waals surface area contributed by atoms with Gasteiger partial charge in [0.05, 0.1) is 11.0 Å². The van der Waals surface area contributed by atoms with Gasteiger partial charge in [0.1, 0.15) is 0 Å². The van der Waals surface area contributed by atoms with Crippen LogP contribution in [0.15, 0.2) is 54.6 Å². The molecule has 1 aromatic heterocycles. The Kier molecular flexibility index (Phi) is 2.52. The second kappa shape index (κ2) is 4.18. The van der Waals surface area contributed by atoms with Crippen LogP contribution in [0.1, 0.15) is 0 Å². The molecular weight excluding hydrogens is 222 g/mol. The van der Waals surface area contributed by atoms with E-state index in [4.69, 9.17) is 0 Å². The number of anilines is 2. The van der Waals surface area contributed by atoms with Gasteiger partial charge in [-0.2, -0.15) is 0 Å². The lowest BCUT2D eigenvalue weighted by Gasteiger charge is -2.18. The Morgan fingerprint density at radius 1 is 0.944 bits per heavy atom. The number of hydrogen-bond acceptors (Lipinski definition) is 2. The summed E-state index contributed by atoms with van der Waals surface area (Å²) in [4.78, 5) is 6.77. The van der Waals surface area contributed by atoms with Crippen molar-refractivity contribution in [2.24, 2.45) is 7.05 Å². The minimum absolute atomic E-state index is 0.947. The van der Waals surface area contributed by atoms with Crippen LogP contribution >= 0.6 is 0 Å². The molecule has 0 saturated carbocycles. The summed E-state index contributed by atoms with van der Waals surface area (Å²) in [6, 6.07) is 18.4. The average Bonchev–Trinajstić information content (AvgIpc) is 2.77. The van der Waals surface area contributed by atoms with Crippen LogP contribution in [-0.4, -0.2) is 16.6 Å². The van der Waals surface area contributed by atoms with Gasteiger partial charge in [-0.15, -0.1) is 0 Å². The number of aryl methyl sites for hydroxylation is 1. The van der Waals surface area contributed by atoms with Crippen molar-refractivity contribution in [3.8, 4) is 0 Å². The van der Waals surface area contributed by atoms with Crippen LogP contribution in [0.25, 0.3) is 11.0 Å². The van der Waals surface area contributed by atoms with Gasteiger partial charge in [-0.1, -0.05) is 30.3 Å². The number of para-hydroxylation sites is 3. The Morgan fingerprint density at radius 2 is 1.61 bits per heavy atom. The van der Waals surface area contributed by atoms with Crippen molar-refractivity contribution >= 4 is 22.7 Å². The van der Waals surface area contributed by atoms with Gasteiger partial charge in [0.2, 0.25) is 5.95 Å². The molecule has 0 N–H and O–H groups in total. The average molecular weight is 237 g/mol. The smallest absolute Gasteiger partial charge is 0.210 e. The summed E-state index contributed by atoms with van der Waals surface area (Å²) < 4.78 is 2.11. The fraction of sp³-hybridized carbons (Fsp3) is 0.133. The second-order valence-corrected chi connectivity index (χ2v) is 4.35. The molecule has 3 aromatic rings. The Bertz CT molecular complexity index is 671. The minimum Gasteiger partial charge on any atom is -0.315 e. The first-order valence-corrected chi connectivity index (χ1v) is 5.97. The van der Waals surface area contributed by atoms with Crippen LogP contribution in [0.5, 0.6) is 0 Å². The number of nitrogens with zero attached hydrogens (tertiary/aromatic N) is 3. The van der Waals surface area contributed by atoms with E-state index in [0.717, 1.165) is 22.7 Å². The molecule has 0 amide bonds. The van der Waals surface area contributed by atoms with E-state index in [1.54, 1.807) is 0 Å². The molecule has 2 aromatic carbocycles. The zero-order chi connectivity index (χ0) is 12.5. The fourth-order valence-electron chi connectivity index (χ4n) is 2.20. The number of fused-ring (bicyclic) bond motifs is 1. The van der Waals surface area contributed by atoms with Crippen LogP contribution < -0.4 is 4.90 Å². The van der Waals surface area contributed by atoms with Gasteiger partial charge in [0.15, 0.2) is 0 Å². The predicted molar refractivity (Wildman–Crippen MR) is 75.2 cm³/mol. The van der Waals surface area contributed by atoms with Crippen molar-refractivity contribution in [3.05, 3.63) is 54.6 Å². The molecule has 0 aliphatic carbocycles. The Hall–Kier alpha value is -2.29. The zero-order valence-corrected chi connectivity index (χ0v) is 10.5. The largest absolute Gasteiger partial charge is 0.315 e. The standard InChI is InChI=1S/C15H15N3/c1-17(12-8-4-3-5-9-12)15-16-13-10-6-7-11-14(13)18(15)2/h3-11H,1-2H3. The van der Waals surface area contributed by atoms with E-state index in [0.29, 0.717) is 0 Å². The zero-order valence-electron chi connectivity index (χ0n) is 10.5. The molecule has 0 unspecified atom stereocenters. The first-order chi connectivity index (χ1) is 8.77. The SMILES string of the molecule is CN(c1ccccc1)c1nc2ccccc2n1C. The van der Waals surface area contributed by atoms with Crippen molar-refractivity contribution < 1.29 is 0 Å². The quantitative estimate of drug-likeness (QED) is 0.681. The van der Waals surface area contributed by atoms with Gasteiger partial charge < -0.3 is 9.47 Å². The van der Waals surface area contributed by atoms with E-state index in [-0.39, 0.29) is 0 Å². The Balaban J connectivity index is 2.12. The highest BCUT2D eigenvalue weighted by atomic mass is 15.3. The Morgan fingerprint density at radius 3 is 2.33 bits per heavy atom. The maximum atomic E-state index is 4.68. The number of rotatable bonds is 2. The minimum atomic E-state index is 0.947. The molecule has 1 heterocycles. The van der Waals surface area contributed by atoms with Gasteiger partial charge in [-0.25, -0.2) is 4.98 Å². The van der Waals surface area contributed by atoms with Crippen LogP contribution in [-0.2, 0) is 7.05 Å². The molecule has 0 aliphatic rings. The van der Waals surface area contributed by atoms with Gasteiger partial charge in [0, 0.05) is 19.8 Å². The van der Waals surface area contributed by atoms with Gasteiger partial charge in [0.25, 0.3) is 0 Å². The van der Waals surface area contributed by atoms with E-state index < -0.39 is 0 Å². The molecule has 3 nitrogen and oxygen atoms in total. The molecule has 0 radical (unpaired) electrons. The molecule has 18 heavy (non-hydrogen) atoms. The predicted octanol–water partition coefficient (Wildman–Crippen LogP) is 3.34. The van der Waals surface area contributed by atoms with E-state index in [1.807, 2.05) is 50.5 Å². The molecule has 0 atom stereocenters. The number of imidazole rings is 1. The number of hydrogen-bond donors (Lipinski definition) is 0. The third kappa shape index (κ3) is 1.64. The molecule has 0 fully saturated rings. The van der Waals surface area contributed by atoms with Crippen molar-refractivity contribution in [2.75, 3.05) is 11.9 Å². The lowest BCUT2D eigenvalue weighted by Crippen LogP contribution is -2.13. The summed E-state index contributed by atoms with van der Waals surface area (Å²) in [5.74, 6) is 0.947. The van der Waals surface area contributed by atoms with Crippen LogP contribution in [0.4, 0.5) is 11.6 Å². The summed E-state index contributed by atoms with van der Waals surface area (Å²) in [6.07, 6.45) is 0. The first kappa shape index (κ1) is 10.8. The van der Waals surface area contributed by atoms with Crippen LogP contribution in [0, 0.1) is 0 Å². The van der Waals surface area contributed by atoms with Crippen molar-refractivity contribution in [3.63, 3.8) is 0 Å². The number of aromatic nitrogens is 2. The summed E-state index contributed by atoms with van der Waals surface area (Å²) in [5.41, 5.74) is 3.31. The van der Waals surface area contributed by atoms with E-state index in [2.05, 4.69) is 32.7 Å². The van der Waals surface area contributed by atoms with Gasteiger partial charge in [-0.3, -0.25) is 0 Å². The highest BCUT2D eigenvalue weighted by molar-refractivity contribution is 5.79. The molecule has 0 aliphatic heterocycles. The lowest BCUT2D eigenvalue weighted by molar-refractivity contribution is 0.910. The third-order valence-corrected chi connectivity index (χ3v) is 3.21. The van der Waals surface area contributed by atoms with Crippen LogP contribution in [0.2, 0.25) is 0 Å². The summed E-state index contributed by atoms with van der Waals surface area (Å²) in [5, 5.41) is 0. The third-order valence-electron chi connectivity index (χ3n) is 3.21. The highest BCUT2D eigenvalue weighted by Gasteiger charge is 2.12. The van der Waals surface area contributed by atoms with E-state index in [9.17, 15) is 0 Å². The molecule has 0 saturated heterocycles. The second-order valence-electron chi connectivity index (χ2n) is 4.35. The number of benzene rings is 2. The van der Waals surface area contributed by atoms with Gasteiger partial charge >= 0.3 is 0 Å². The van der Waals surface area contributed by atoms with Gasteiger partial charge in [-0.05, 0) is 24.3 Å². The topological polar surface area (TPSA) is 21.1 Å². The van der Waals surface area contributed by atoms with Crippen molar-refractivity contribution in [2.45, 2.75) is 0 Å². The highest BCUT2D eigenvalue weighted by Crippen LogP contribution is 2.25. The lowest BCUT2D eigenvalue weighted by atomic mass is 10.3. The first-order valence-electron chi connectivity index (χ1n) is 5.97. The maximum Gasteiger partial charge on any atom is 0.210 e. The summed E-state index contributed by atoms with van der Waals surface area (Å²) in [6.45, 7) is 0. The van der Waals surface area contributed by atoms with Crippen molar-refractivity contribution in [1.29, 1.82) is 0 Å². The molecule has 0 bridgehead atoms. The fourth-order valence-corrected chi connectivity index (χ4v) is 2.20. The normalized spacial score (nSPS) is 10.8. The summed E-state index contributed by atoms with van der Waals surface area (Å²) in [7, 11) is 4.08. The molecule has 0 spiro atoms. The molecular formula is C15H15N3. The molecule has 3 heteroatoms. The van der Waals surface area contributed by atoms with E-state index >= 15 is 0 Å². The maximum absolute atomic E-state index is 4.68. The molecule has 90 valence electrons. The van der Waals surface area contributed by atoms with Crippen LogP contribution in [0.3, 0.4) is 0 Å². The van der Waals surface area contributed by atoms with Crippen molar-refractivity contribution in [1.82, 2.24) is 9.55 Å². The molecule has 3 rings (SSSR count). The Labute approximate surface area is 106 Å².